The van der Waals surface area contributed by atoms with Crippen LogP contribution in [0.15, 0.2) is 41.3 Å². The van der Waals surface area contributed by atoms with Gasteiger partial charge in [0.05, 0.1) is 12.8 Å². The number of hydrogen-bond acceptors (Lipinski definition) is 10. The minimum atomic E-state index is -0.283. The number of carbonyl (C=O) groups excluding carboxylic acids is 1. The van der Waals surface area contributed by atoms with Crippen molar-refractivity contribution < 1.29 is 14.3 Å². The topological polar surface area (TPSA) is 123 Å². The van der Waals surface area contributed by atoms with Gasteiger partial charge in [0.15, 0.2) is 29.6 Å². The molecule has 0 unspecified atom stereocenters. The number of nitrogens with zero attached hydrogens (tertiary/aromatic N) is 8. The molecule has 1 amide bonds. The number of pyridine rings is 1. The number of aromatic nitrogens is 5. The Hall–Kier alpha value is -5.09. The number of ether oxygens (including phenoxy) is 2. The Morgan fingerprint density at radius 2 is 1.88 bits per heavy atom. The average molecular weight is 582 g/mol. The third-order valence-corrected chi connectivity index (χ3v) is 7.94. The van der Waals surface area contributed by atoms with Crippen LogP contribution in [-0.2, 0) is 11.3 Å². The molecule has 1 fully saturated rings. The number of benzene rings is 1. The summed E-state index contributed by atoms with van der Waals surface area (Å²) in [4.78, 5) is 46.5. The van der Waals surface area contributed by atoms with Crippen LogP contribution in [0.2, 0.25) is 0 Å². The van der Waals surface area contributed by atoms with Crippen molar-refractivity contribution in [2.45, 2.75) is 19.4 Å². The summed E-state index contributed by atoms with van der Waals surface area (Å²) in [6, 6.07) is 9.44. The van der Waals surface area contributed by atoms with Crippen LogP contribution >= 0.6 is 0 Å². The number of piperazine rings is 1. The molecule has 7 rings (SSSR count). The lowest BCUT2D eigenvalue weighted by atomic mass is 10.2. The van der Waals surface area contributed by atoms with Crippen LogP contribution < -0.4 is 30.1 Å². The fraction of sp³-hybridized carbons (Fsp3) is 0.367. The zero-order valence-corrected chi connectivity index (χ0v) is 24.0. The summed E-state index contributed by atoms with van der Waals surface area (Å²) in [5.74, 6) is 8.45. The van der Waals surface area contributed by atoms with Crippen LogP contribution in [0.3, 0.4) is 0 Å². The van der Waals surface area contributed by atoms with E-state index in [1.165, 1.54) is 10.9 Å². The van der Waals surface area contributed by atoms with Gasteiger partial charge in [-0.3, -0.25) is 14.5 Å². The molecule has 2 bridgehead atoms. The summed E-state index contributed by atoms with van der Waals surface area (Å²) in [6.45, 7) is 4.42. The summed E-state index contributed by atoms with van der Waals surface area (Å²) < 4.78 is 14.5. The fourth-order valence-electron chi connectivity index (χ4n) is 5.62. The van der Waals surface area contributed by atoms with Crippen LogP contribution in [0.4, 0.5) is 23.1 Å². The van der Waals surface area contributed by atoms with Gasteiger partial charge < -0.3 is 24.6 Å². The Labute approximate surface area is 247 Å². The molecule has 3 aliphatic rings. The van der Waals surface area contributed by atoms with Gasteiger partial charge >= 0.3 is 0 Å². The van der Waals surface area contributed by atoms with Crippen molar-refractivity contribution in [3.05, 3.63) is 46.9 Å². The monoisotopic (exact) mass is 581 g/mol. The minimum absolute atomic E-state index is 0.0414. The normalized spacial score (nSPS) is 16.8. The largest absolute Gasteiger partial charge is 0.495 e. The summed E-state index contributed by atoms with van der Waals surface area (Å²) in [6.07, 6.45) is 2.78. The third-order valence-electron chi connectivity index (χ3n) is 7.94. The minimum Gasteiger partial charge on any atom is -0.495 e. The Morgan fingerprint density at radius 3 is 2.72 bits per heavy atom. The predicted octanol–water partition coefficient (Wildman–Crippen LogP) is 2.00. The molecular formula is C30H31N9O4. The second-order valence-corrected chi connectivity index (χ2v) is 10.7. The Balaban J connectivity index is 1.29. The van der Waals surface area contributed by atoms with E-state index in [4.69, 9.17) is 19.4 Å². The summed E-state index contributed by atoms with van der Waals surface area (Å²) in [7, 11) is 3.79. The van der Waals surface area contributed by atoms with E-state index < -0.39 is 0 Å². The first-order valence-corrected chi connectivity index (χ1v) is 14.3. The standard InChI is InChI=1S/C30H31N9O4/c1-35-13-15-36(16-14-35)22-8-7-20(17-24(22)42-2)32-30-31-18-21-27(34-30)39-25-10-9-23-28(33-25)37(26(40)19-43-23)11-5-3-4-6-12-38(39)29(21)41/h7-10,17-18H,3,5,11-16,19H2,1-2H3,(H,31,32,34). The van der Waals surface area contributed by atoms with E-state index in [0.29, 0.717) is 53.8 Å². The maximum Gasteiger partial charge on any atom is 0.279 e. The Kier molecular flexibility index (Phi) is 6.83. The Bertz CT molecular complexity index is 1850. The molecule has 3 aliphatic heterocycles. The smallest absolute Gasteiger partial charge is 0.279 e. The van der Waals surface area contributed by atoms with Gasteiger partial charge in [0.25, 0.3) is 11.5 Å². The number of amides is 1. The molecule has 13 nitrogen and oxygen atoms in total. The van der Waals surface area contributed by atoms with Gasteiger partial charge in [-0.2, -0.15) is 4.98 Å². The SMILES string of the molecule is COc1cc(Nc2ncc3c(=O)n4n(c3n2)-c2ccc3c(n2)N(CCCC#CC4)C(=O)CO3)ccc1N1CCN(C)CC1. The number of methoxy groups -OCH3 is 1. The van der Waals surface area contributed by atoms with Crippen molar-refractivity contribution in [2.24, 2.45) is 0 Å². The highest BCUT2D eigenvalue weighted by molar-refractivity contribution is 5.96. The van der Waals surface area contributed by atoms with Gasteiger partial charge in [-0.05, 0) is 37.7 Å². The van der Waals surface area contributed by atoms with E-state index in [9.17, 15) is 9.59 Å². The molecular weight excluding hydrogens is 550 g/mol. The second kappa shape index (κ2) is 11.0. The number of rotatable bonds is 4. The van der Waals surface area contributed by atoms with E-state index in [0.717, 1.165) is 43.3 Å². The highest BCUT2D eigenvalue weighted by atomic mass is 16.5. The lowest BCUT2D eigenvalue weighted by Gasteiger charge is -2.34. The van der Waals surface area contributed by atoms with Gasteiger partial charge in [0, 0.05) is 57.1 Å². The lowest BCUT2D eigenvalue weighted by Crippen LogP contribution is -2.44. The molecule has 1 saturated heterocycles. The zero-order valence-electron chi connectivity index (χ0n) is 24.0. The van der Waals surface area contributed by atoms with Gasteiger partial charge in [-0.15, -0.1) is 5.92 Å². The van der Waals surface area contributed by atoms with Crippen molar-refractivity contribution >= 4 is 40.1 Å². The fourth-order valence-corrected chi connectivity index (χ4v) is 5.62. The van der Waals surface area contributed by atoms with E-state index in [-0.39, 0.29) is 24.6 Å². The van der Waals surface area contributed by atoms with E-state index in [1.54, 1.807) is 28.8 Å². The van der Waals surface area contributed by atoms with Gasteiger partial charge in [-0.1, -0.05) is 5.92 Å². The first kappa shape index (κ1) is 26.8. The second-order valence-electron chi connectivity index (χ2n) is 10.7. The molecule has 0 saturated carbocycles. The van der Waals surface area contributed by atoms with E-state index in [1.807, 2.05) is 18.2 Å². The molecule has 0 aliphatic carbocycles. The van der Waals surface area contributed by atoms with Crippen LogP contribution in [0.25, 0.3) is 16.9 Å². The molecule has 4 aromatic rings. The highest BCUT2D eigenvalue weighted by Gasteiger charge is 2.28. The molecule has 1 aromatic carbocycles. The molecule has 0 radical (unpaired) electrons. The first-order chi connectivity index (χ1) is 21.0. The van der Waals surface area contributed by atoms with Crippen molar-refractivity contribution in [1.29, 1.82) is 0 Å². The highest BCUT2D eigenvalue weighted by Crippen LogP contribution is 2.34. The molecule has 220 valence electrons. The Morgan fingerprint density at radius 1 is 1.02 bits per heavy atom. The summed E-state index contributed by atoms with van der Waals surface area (Å²) >= 11 is 0. The molecule has 6 heterocycles. The maximum atomic E-state index is 13.5. The summed E-state index contributed by atoms with van der Waals surface area (Å²) in [5, 5.41) is 3.59. The van der Waals surface area contributed by atoms with Crippen molar-refractivity contribution in [1.82, 2.24) is 29.2 Å². The van der Waals surface area contributed by atoms with Crippen LogP contribution in [0, 0.1) is 11.8 Å². The maximum absolute atomic E-state index is 13.5. The lowest BCUT2D eigenvalue weighted by molar-refractivity contribution is -0.121. The van der Waals surface area contributed by atoms with Crippen LogP contribution in [0.1, 0.15) is 12.8 Å². The van der Waals surface area contributed by atoms with Crippen molar-refractivity contribution in [3.8, 4) is 29.2 Å². The van der Waals surface area contributed by atoms with Crippen molar-refractivity contribution in [2.75, 3.05) is 68.6 Å². The third kappa shape index (κ3) is 4.89. The molecule has 43 heavy (non-hydrogen) atoms. The first-order valence-electron chi connectivity index (χ1n) is 14.3. The molecule has 1 N–H and O–H groups in total. The average Bonchev–Trinajstić information content (AvgIpc) is 3.29. The molecule has 0 atom stereocenters. The quantitative estimate of drug-likeness (QED) is 0.358. The molecule has 3 aromatic heterocycles. The van der Waals surface area contributed by atoms with Gasteiger partial charge in [0.1, 0.15) is 17.7 Å². The summed E-state index contributed by atoms with van der Waals surface area (Å²) in [5.41, 5.74) is 1.86. The van der Waals surface area contributed by atoms with Crippen LogP contribution in [-0.4, -0.2) is 88.6 Å². The van der Waals surface area contributed by atoms with Gasteiger partial charge in [0.2, 0.25) is 5.95 Å². The number of likely N-dealkylation sites (N-methyl/N-ethyl adjacent to an activating group) is 1. The zero-order chi connectivity index (χ0) is 29.5. The van der Waals surface area contributed by atoms with Gasteiger partial charge in [-0.25, -0.2) is 19.3 Å². The molecule has 13 heteroatoms. The number of anilines is 4. The molecule has 0 spiro atoms. The van der Waals surface area contributed by atoms with Crippen LogP contribution in [0.5, 0.6) is 11.5 Å². The number of nitrogens with one attached hydrogen (secondary N) is 1. The van der Waals surface area contributed by atoms with Crippen molar-refractivity contribution in [3.63, 3.8) is 0 Å². The number of hydrogen-bond donors (Lipinski definition) is 1. The predicted molar refractivity (Wildman–Crippen MR) is 162 cm³/mol. The number of fused-ring (bicyclic) bond motifs is 5. The number of carbonyl (C=O) groups is 1. The van der Waals surface area contributed by atoms with E-state index in [2.05, 4.69) is 39.0 Å². The van der Waals surface area contributed by atoms with E-state index >= 15 is 0 Å².